The van der Waals surface area contributed by atoms with Crippen LogP contribution in [0.5, 0.6) is 0 Å². The van der Waals surface area contributed by atoms with Gasteiger partial charge in [0.2, 0.25) is 5.62 Å². The van der Waals surface area contributed by atoms with Crippen LogP contribution in [0.25, 0.3) is 11.0 Å². The van der Waals surface area contributed by atoms with E-state index in [0.717, 1.165) is 22.2 Å². The maximum Gasteiger partial charge on any atom is 0.203 e. The number of aromatic nitrogens is 2. The summed E-state index contributed by atoms with van der Waals surface area (Å²) in [6.45, 7) is 6.00. The van der Waals surface area contributed by atoms with Gasteiger partial charge >= 0.3 is 0 Å². The molecular formula is C29H32FN3O. The molecule has 0 aliphatic heterocycles. The van der Waals surface area contributed by atoms with Gasteiger partial charge in [-0.05, 0) is 56.9 Å². The number of nitrogens with one attached hydrogen (secondary N) is 1. The summed E-state index contributed by atoms with van der Waals surface area (Å²) in [4.78, 5) is 12.2. The van der Waals surface area contributed by atoms with Gasteiger partial charge in [0, 0.05) is 12.5 Å². The van der Waals surface area contributed by atoms with Gasteiger partial charge in [0.15, 0.2) is 12.0 Å². The van der Waals surface area contributed by atoms with E-state index >= 15 is 0 Å². The fourth-order valence-electron chi connectivity index (χ4n) is 4.49. The van der Waals surface area contributed by atoms with E-state index in [-0.39, 0.29) is 18.2 Å². The number of halogens is 1. The lowest BCUT2D eigenvalue weighted by Crippen LogP contribution is -2.30. The zero-order valence-electron chi connectivity index (χ0n) is 20.1. The van der Waals surface area contributed by atoms with Gasteiger partial charge in [-0.25, -0.2) is 4.39 Å². The molecule has 4 aromatic rings. The highest BCUT2D eigenvalue weighted by molar-refractivity contribution is 5.82. The van der Waals surface area contributed by atoms with E-state index in [9.17, 15) is 9.18 Å². The van der Waals surface area contributed by atoms with E-state index in [2.05, 4.69) is 62.4 Å². The highest BCUT2D eigenvalue weighted by atomic mass is 19.1. The summed E-state index contributed by atoms with van der Waals surface area (Å²) in [5.41, 5.74) is 6.98. The van der Waals surface area contributed by atoms with Crippen LogP contribution in [0.15, 0.2) is 72.8 Å². The van der Waals surface area contributed by atoms with Crippen LogP contribution in [0.2, 0.25) is 0 Å². The lowest BCUT2D eigenvalue weighted by molar-refractivity contribution is -0.123. The number of hydrogen-bond donors (Lipinski definition) is 1. The van der Waals surface area contributed by atoms with Crippen LogP contribution >= 0.6 is 0 Å². The first kappa shape index (κ1) is 23.7. The number of benzene rings is 3. The highest BCUT2D eigenvalue weighted by Crippen LogP contribution is 2.25. The minimum absolute atomic E-state index is 0.137. The van der Waals surface area contributed by atoms with Gasteiger partial charge in [-0.2, -0.15) is 0 Å². The molecule has 0 radical (unpaired) electrons. The van der Waals surface area contributed by atoms with Gasteiger partial charge in [0.25, 0.3) is 0 Å². The molecule has 1 heterocycles. The molecule has 1 N–H and O–H groups in total. The summed E-state index contributed by atoms with van der Waals surface area (Å²) in [6.07, 6.45) is -0.166. The Morgan fingerprint density at radius 3 is 2.03 bits per heavy atom. The Kier molecular flexibility index (Phi) is 7.11. The van der Waals surface area contributed by atoms with Crippen molar-refractivity contribution in [2.24, 2.45) is 0 Å². The summed E-state index contributed by atoms with van der Waals surface area (Å²) in [5, 5.41) is 9.13. The first-order chi connectivity index (χ1) is 16.3. The first-order valence-electron chi connectivity index (χ1n) is 11.9. The van der Waals surface area contributed by atoms with E-state index in [4.69, 9.17) is 5.41 Å². The summed E-state index contributed by atoms with van der Waals surface area (Å²) >= 11 is 0. The van der Waals surface area contributed by atoms with Crippen molar-refractivity contribution in [2.45, 2.75) is 58.8 Å². The number of Topliss-reactive ketones (excluding diaryl/α,β-unsaturated/α-hetero) is 1. The number of para-hydroxylation sites is 2. The molecule has 0 saturated carbocycles. The van der Waals surface area contributed by atoms with Crippen molar-refractivity contribution in [3.05, 3.63) is 101 Å². The zero-order valence-corrected chi connectivity index (χ0v) is 20.1. The number of carbonyl (C=O) groups is 1. The number of nitrogens with zero attached hydrogens (tertiary/aromatic N) is 2. The molecular weight excluding hydrogens is 425 g/mol. The lowest BCUT2D eigenvalue weighted by Gasteiger charge is -2.20. The van der Waals surface area contributed by atoms with E-state index < -0.39 is 6.17 Å². The number of hydrogen-bond acceptors (Lipinski definition) is 2. The third kappa shape index (κ3) is 5.19. The second kappa shape index (κ2) is 10.2. The Hall–Kier alpha value is -3.47. The molecule has 4 nitrogen and oxygen atoms in total. The molecule has 0 spiro atoms. The largest absolute Gasteiger partial charge is 0.307 e. The van der Waals surface area contributed by atoms with Gasteiger partial charge in [0.1, 0.15) is 0 Å². The number of aryl methyl sites for hydroxylation is 2. The minimum atomic E-state index is -1.47. The predicted octanol–water partition coefficient (Wildman–Crippen LogP) is 6.08. The monoisotopic (exact) mass is 457 g/mol. The molecule has 1 unspecified atom stereocenters. The van der Waals surface area contributed by atoms with Crippen molar-refractivity contribution < 1.29 is 9.18 Å². The quantitative estimate of drug-likeness (QED) is 0.325. The molecule has 0 amide bonds. The number of alkyl halides is 1. The molecule has 34 heavy (non-hydrogen) atoms. The Morgan fingerprint density at radius 1 is 0.882 bits per heavy atom. The van der Waals surface area contributed by atoms with E-state index in [1.807, 2.05) is 33.4 Å². The van der Waals surface area contributed by atoms with Crippen molar-refractivity contribution in [1.82, 2.24) is 9.13 Å². The molecule has 0 aliphatic carbocycles. The second-order valence-electron chi connectivity index (χ2n) is 9.22. The van der Waals surface area contributed by atoms with Gasteiger partial charge in [-0.15, -0.1) is 0 Å². The average Bonchev–Trinajstić information content (AvgIpc) is 3.10. The molecule has 3 aromatic carbocycles. The van der Waals surface area contributed by atoms with Gasteiger partial charge in [-0.1, -0.05) is 71.8 Å². The zero-order chi connectivity index (χ0) is 24.2. The molecule has 0 bridgehead atoms. The topological polar surface area (TPSA) is 50.8 Å². The SMILES string of the molecule is Cc1ccc(C[C@@H](CCC(=O)C(C)F)n2c(=N)n(Cc3ccc(C)cc3)c3ccccc32)cc1. The van der Waals surface area contributed by atoms with Crippen LogP contribution in [0.1, 0.15) is 48.1 Å². The summed E-state index contributed by atoms with van der Waals surface area (Å²) in [5.74, 6) is -0.385. The first-order valence-corrected chi connectivity index (χ1v) is 11.9. The average molecular weight is 458 g/mol. The smallest absolute Gasteiger partial charge is 0.203 e. The standard InChI is InChI=1S/C29H32FN3O/c1-20-8-12-23(13-9-20)18-25(16-17-28(34)22(3)30)33-27-7-5-4-6-26(27)32(29(33)31)19-24-14-10-21(2)11-15-24/h4-15,22,25,31H,16-19H2,1-3H3/t22?,25-/m1/s1. The number of fused-ring (bicyclic) bond motifs is 1. The number of ketones is 1. The Balaban J connectivity index is 1.77. The number of imidazole rings is 1. The number of rotatable bonds is 9. The van der Waals surface area contributed by atoms with E-state index in [1.165, 1.54) is 18.1 Å². The molecule has 176 valence electrons. The third-order valence-electron chi connectivity index (χ3n) is 6.50. The van der Waals surface area contributed by atoms with Crippen LogP contribution in [-0.4, -0.2) is 21.1 Å². The Labute approximate surface area is 200 Å². The molecule has 4 rings (SSSR count). The van der Waals surface area contributed by atoms with Gasteiger partial charge in [0.05, 0.1) is 17.6 Å². The molecule has 0 fully saturated rings. The van der Waals surface area contributed by atoms with Crippen LogP contribution in [0.3, 0.4) is 0 Å². The van der Waals surface area contributed by atoms with Crippen LogP contribution in [0.4, 0.5) is 4.39 Å². The Bertz CT molecular complexity index is 1330. The molecule has 0 aliphatic rings. The van der Waals surface area contributed by atoms with Crippen LogP contribution in [0, 0.1) is 19.3 Å². The van der Waals surface area contributed by atoms with Crippen molar-refractivity contribution >= 4 is 16.8 Å². The van der Waals surface area contributed by atoms with Gasteiger partial charge < -0.3 is 9.13 Å². The molecule has 0 saturated heterocycles. The lowest BCUT2D eigenvalue weighted by atomic mass is 9.98. The maximum absolute atomic E-state index is 13.6. The predicted molar refractivity (Wildman–Crippen MR) is 135 cm³/mol. The van der Waals surface area contributed by atoms with Crippen molar-refractivity contribution in [1.29, 1.82) is 5.41 Å². The number of carbonyl (C=O) groups excluding carboxylic acids is 1. The van der Waals surface area contributed by atoms with Crippen molar-refractivity contribution in [3.8, 4) is 0 Å². The fourth-order valence-corrected chi connectivity index (χ4v) is 4.49. The van der Waals surface area contributed by atoms with Gasteiger partial charge in [-0.3, -0.25) is 10.2 Å². The maximum atomic E-state index is 13.6. The molecule has 1 aromatic heterocycles. The second-order valence-corrected chi connectivity index (χ2v) is 9.22. The summed E-state index contributed by atoms with van der Waals surface area (Å²) in [7, 11) is 0. The van der Waals surface area contributed by atoms with Crippen molar-refractivity contribution in [2.75, 3.05) is 0 Å². The molecule has 5 heteroatoms. The molecule has 2 atom stereocenters. The fraction of sp³-hybridized carbons (Fsp3) is 0.310. The Morgan fingerprint density at radius 2 is 1.44 bits per heavy atom. The van der Waals surface area contributed by atoms with Crippen LogP contribution < -0.4 is 5.62 Å². The minimum Gasteiger partial charge on any atom is -0.307 e. The third-order valence-corrected chi connectivity index (χ3v) is 6.50. The summed E-state index contributed by atoms with van der Waals surface area (Å²) < 4.78 is 17.7. The van der Waals surface area contributed by atoms with E-state index in [1.54, 1.807) is 0 Å². The van der Waals surface area contributed by atoms with Crippen LogP contribution in [-0.2, 0) is 17.8 Å². The summed E-state index contributed by atoms with van der Waals surface area (Å²) in [6, 6.07) is 24.6. The van der Waals surface area contributed by atoms with E-state index in [0.29, 0.717) is 25.0 Å². The van der Waals surface area contributed by atoms with Crippen molar-refractivity contribution in [3.63, 3.8) is 0 Å². The highest BCUT2D eigenvalue weighted by Gasteiger charge is 2.22. The normalized spacial score (nSPS) is 13.2.